The van der Waals surface area contributed by atoms with E-state index in [1.807, 2.05) is 0 Å². The predicted molar refractivity (Wildman–Crippen MR) is 67.9 cm³/mol. The average Bonchev–Trinajstić information content (AvgIpc) is 2.60. The summed E-state index contributed by atoms with van der Waals surface area (Å²) in [5.41, 5.74) is -0.505. The summed E-state index contributed by atoms with van der Waals surface area (Å²) in [6.45, 7) is 1.24. The minimum atomic E-state index is -3.35. The first-order chi connectivity index (χ1) is 7.86. The summed E-state index contributed by atoms with van der Waals surface area (Å²) in [5.74, 6) is 0. The molecule has 0 aliphatic carbocycles. The van der Waals surface area contributed by atoms with Crippen LogP contribution in [0.15, 0.2) is 0 Å². The summed E-state index contributed by atoms with van der Waals surface area (Å²) in [7, 11) is -0.332. The van der Waals surface area contributed by atoms with E-state index >= 15 is 0 Å². The molecule has 2 aliphatic heterocycles. The molecule has 7 nitrogen and oxygen atoms in total. The van der Waals surface area contributed by atoms with Gasteiger partial charge < -0.3 is 10.1 Å². The Hall–Kier alpha value is -0.570. The lowest BCUT2D eigenvalue weighted by Gasteiger charge is -2.37. The Morgan fingerprint density at radius 2 is 1.89 bits per heavy atom. The number of piperidine rings is 1. The molecular formula is C9H18ClN3O4S. The fraction of sp³-hybridized carbons (Fsp3) is 0.889. The van der Waals surface area contributed by atoms with Crippen molar-refractivity contribution in [2.24, 2.45) is 0 Å². The second-order valence-corrected chi connectivity index (χ2v) is 6.76. The zero-order chi connectivity index (χ0) is 12.7. The van der Waals surface area contributed by atoms with E-state index in [4.69, 9.17) is 4.74 Å². The molecule has 18 heavy (non-hydrogen) atoms. The molecule has 106 valence electrons. The number of nitrogens with zero attached hydrogens (tertiary/aromatic N) is 2. The van der Waals surface area contributed by atoms with Gasteiger partial charge in [-0.05, 0) is 0 Å². The number of hydrogen-bond donors (Lipinski definition) is 1. The van der Waals surface area contributed by atoms with E-state index in [0.717, 1.165) is 0 Å². The standard InChI is InChI=1S/C9H17N3O4S.ClH/c1-11(2)17(14,15)12-5-3-9(4-6-12)7-10-8(13)16-9;/h3-7H2,1-2H3,(H,10,13);1H. The molecule has 0 bridgehead atoms. The van der Waals surface area contributed by atoms with Crippen molar-refractivity contribution in [2.75, 3.05) is 33.7 Å². The van der Waals surface area contributed by atoms with Gasteiger partial charge in [0.1, 0.15) is 5.60 Å². The highest BCUT2D eigenvalue weighted by Gasteiger charge is 2.45. The van der Waals surface area contributed by atoms with Gasteiger partial charge in [0.05, 0.1) is 6.54 Å². The smallest absolute Gasteiger partial charge is 0.407 e. The van der Waals surface area contributed by atoms with Gasteiger partial charge in [-0.3, -0.25) is 0 Å². The zero-order valence-corrected chi connectivity index (χ0v) is 12.0. The maximum absolute atomic E-state index is 11.9. The number of carbonyl (C=O) groups is 1. The van der Waals surface area contributed by atoms with Crippen molar-refractivity contribution in [3.8, 4) is 0 Å². The molecule has 0 aromatic heterocycles. The van der Waals surface area contributed by atoms with E-state index in [2.05, 4.69) is 5.32 Å². The van der Waals surface area contributed by atoms with Crippen molar-refractivity contribution in [1.29, 1.82) is 0 Å². The summed E-state index contributed by atoms with van der Waals surface area (Å²) in [5, 5.41) is 2.62. The van der Waals surface area contributed by atoms with Gasteiger partial charge in [-0.25, -0.2) is 4.79 Å². The third kappa shape index (κ3) is 2.71. The molecule has 0 saturated carbocycles. The van der Waals surface area contributed by atoms with Gasteiger partial charge in [0, 0.05) is 40.0 Å². The van der Waals surface area contributed by atoms with Crippen molar-refractivity contribution in [3.63, 3.8) is 0 Å². The Morgan fingerprint density at radius 3 is 2.28 bits per heavy atom. The predicted octanol–water partition coefficient (Wildman–Crippen LogP) is -0.211. The number of alkyl carbamates (subject to hydrolysis) is 1. The van der Waals surface area contributed by atoms with Gasteiger partial charge in [-0.1, -0.05) is 0 Å². The van der Waals surface area contributed by atoms with Crippen molar-refractivity contribution in [1.82, 2.24) is 13.9 Å². The lowest BCUT2D eigenvalue weighted by molar-refractivity contribution is 0.0165. The fourth-order valence-electron chi connectivity index (χ4n) is 2.14. The molecule has 0 radical (unpaired) electrons. The van der Waals surface area contributed by atoms with Crippen LogP contribution in [0.2, 0.25) is 0 Å². The lowest BCUT2D eigenvalue weighted by Crippen LogP contribution is -2.51. The summed E-state index contributed by atoms with van der Waals surface area (Å²) in [6, 6.07) is 0. The number of rotatable bonds is 2. The SMILES string of the molecule is CN(C)S(=O)(=O)N1CCC2(CC1)CNC(=O)O2.Cl. The molecule has 0 aromatic rings. The van der Waals surface area contributed by atoms with Gasteiger partial charge in [-0.15, -0.1) is 12.4 Å². The van der Waals surface area contributed by atoms with E-state index < -0.39 is 21.9 Å². The molecule has 0 atom stereocenters. The summed E-state index contributed by atoms with van der Waals surface area (Å²) in [4.78, 5) is 11.0. The number of carbonyl (C=O) groups excluding carboxylic acids is 1. The molecule has 2 aliphatic rings. The molecular weight excluding hydrogens is 282 g/mol. The van der Waals surface area contributed by atoms with Crippen LogP contribution in [0, 0.1) is 0 Å². The summed E-state index contributed by atoms with van der Waals surface area (Å²) < 4.78 is 31.6. The van der Waals surface area contributed by atoms with Gasteiger partial charge in [-0.2, -0.15) is 17.0 Å². The van der Waals surface area contributed by atoms with Crippen LogP contribution in [-0.2, 0) is 14.9 Å². The third-order valence-electron chi connectivity index (χ3n) is 3.29. The van der Waals surface area contributed by atoms with Crippen LogP contribution >= 0.6 is 12.4 Å². The molecule has 1 spiro atoms. The van der Waals surface area contributed by atoms with E-state index in [9.17, 15) is 13.2 Å². The van der Waals surface area contributed by atoms with Crippen LogP contribution in [-0.4, -0.2) is 62.5 Å². The Morgan fingerprint density at radius 1 is 1.33 bits per heavy atom. The first kappa shape index (κ1) is 15.5. The number of nitrogens with one attached hydrogen (secondary N) is 1. The topological polar surface area (TPSA) is 79.0 Å². The van der Waals surface area contributed by atoms with E-state index in [1.165, 1.54) is 22.7 Å². The Kier molecular flexibility index (Phi) is 4.47. The molecule has 2 saturated heterocycles. The van der Waals surface area contributed by atoms with Gasteiger partial charge in [0.2, 0.25) is 0 Å². The quantitative estimate of drug-likeness (QED) is 0.765. The van der Waals surface area contributed by atoms with E-state index in [-0.39, 0.29) is 12.4 Å². The van der Waals surface area contributed by atoms with Gasteiger partial charge >= 0.3 is 6.09 Å². The molecule has 0 unspecified atom stereocenters. The third-order valence-corrected chi connectivity index (χ3v) is 5.23. The summed E-state index contributed by atoms with van der Waals surface area (Å²) >= 11 is 0. The second-order valence-electron chi connectivity index (χ2n) is 4.62. The maximum Gasteiger partial charge on any atom is 0.407 e. The molecule has 2 fully saturated rings. The minimum absolute atomic E-state index is 0. The average molecular weight is 300 g/mol. The Labute approximate surface area is 113 Å². The number of amides is 1. The first-order valence-corrected chi connectivity index (χ1v) is 6.90. The van der Waals surface area contributed by atoms with Crippen LogP contribution < -0.4 is 5.32 Å². The van der Waals surface area contributed by atoms with Crippen LogP contribution in [0.5, 0.6) is 0 Å². The maximum atomic E-state index is 11.9. The first-order valence-electron chi connectivity index (χ1n) is 5.50. The van der Waals surface area contributed by atoms with E-state index in [1.54, 1.807) is 0 Å². The molecule has 1 amide bonds. The number of halogens is 1. The number of hydrogen-bond acceptors (Lipinski definition) is 4. The van der Waals surface area contributed by atoms with Crippen molar-refractivity contribution < 1.29 is 17.9 Å². The largest absolute Gasteiger partial charge is 0.441 e. The van der Waals surface area contributed by atoms with Crippen molar-refractivity contribution in [2.45, 2.75) is 18.4 Å². The monoisotopic (exact) mass is 299 g/mol. The molecule has 2 rings (SSSR count). The molecule has 9 heteroatoms. The molecule has 0 aromatic carbocycles. The second kappa shape index (κ2) is 5.20. The highest BCUT2D eigenvalue weighted by molar-refractivity contribution is 7.86. The van der Waals surface area contributed by atoms with E-state index in [0.29, 0.717) is 32.5 Å². The van der Waals surface area contributed by atoms with Crippen molar-refractivity contribution >= 4 is 28.7 Å². The van der Waals surface area contributed by atoms with Gasteiger partial charge in [0.15, 0.2) is 0 Å². The Balaban J connectivity index is 0.00000162. The highest BCUT2D eigenvalue weighted by Crippen LogP contribution is 2.30. The normalized spacial score (nSPS) is 23.6. The Bertz CT molecular complexity index is 418. The number of ether oxygens (including phenoxy) is 1. The van der Waals surface area contributed by atoms with Crippen LogP contribution in [0.25, 0.3) is 0 Å². The summed E-state index contributed by atoms with van der Waals surface area (Å²) in [6.07, 6.45) is 0.673. The van der Waals surface area contributed by atoms with Crippen LogP contribution in [0.4, 0.5) is 4.79 Å². The highest BCUT2D eigenvalue weighted by atomic mass is 35.5. The molecule has 2 heterocycles. The van der Waals surface area contributed by atoms with Crippen molar-refractivity contribution in [3.05, 3.63) is 0 Å². The minimum Gasteiger partial charge on any atom is -0.441 e. The van der Waals surface area contributed by atoms with Gasteiger partial charge in [0.25, 0.3) is 10.2 Å². The molecule has 1 N–H and O–H groups in total. The van der Waals surface area contributed by atoms with Crippen LogP contribution in [0.3, 0.4) is 0 Å². The lowest BCUT2D eigenvalue weighted by atomic mass is 9.93. The zero-order valence-electron chi connectivity index (χ0n) is 10.4. The van der Waals surface area contributed by atoms with Crippen LogP contribution in [0.1, 0.15) is 12.8 Å². The fourth-order valence-corrected chi connectivity index (χ4v) is 3.24.